The van der Waals surface area contributed by atoms with E-state index < -0.39 is 0 Å². The molecule has 1 aliphatic heterocycles. The summed E-state index contributed by atoms with van der Waals surface area (Å²) in [4.78, 5) is 12.9. The summed E-state index contributed by atoms with van der Waals surface area (Å²) in [5.74, 6) is 0.159. The molecule has 0 amide bonds. The maximum Gasteiger partial charge on any atom is 0.171 e. The summed E-state index contributed by atoms with van der Waals surface area (Å²) in [7, 11) is 0. The fourth-order valence-corrected chi connectivity index (χ4v) is 2.94. The van der Waals surface area contributed by atoms with E-state index in [1.165, 1.54) is 16.7 Å². The van der Waals surface area contributed by atoms with Gasteiger partial charge >= 0.3 is 0 Å². The summed E-state index contributed by atoms with van der Waals surface area (Å²) in [5, 5.41) is 3.35. The van der Waals surface area contributed by atoms with Crippen molar-refractivity contribution >= 4 is 5.78 Å². The second-order valence-corrected chi connectivity index (χ2v) is 5.49. The smallest absolute Gasteiger partial charge is 0.171 e. The molecule has 0 aliphatic carbocycles. The van der Waals surface area contributed by atoms with Crippen LogP contribution in [0.5, 0.6) is 0 Å². The van der Waals surface area contributed by atoms with Crippen molar-refractivity contribution in [1.29, 1.82) is 0 Å². The Hall–Kier alpha value is -1.93. The van der Waals surface area contributed by atoms with Gasteiger partial charge < -0.3 is 5.32 Å². The maximum atomic E-state index is 12.9. The molecule has 2 aromatic rings. The standard InChI is InChI=1S/C18H19NO/c1-12-6-5-9-15(13(12)2)18(20)17-11-19-10-14-7-3-4-8-16(14)17/h3-9,17,19H,10-11H2,1-2H3. The van der Waals surface area contributed by atoms with Crippen molar-refractivity contribution in [2.45, 2.75) is 26.3 Å². The number of ketones is 1. The fourth-order valence-electron chi connectivity index (χ4n) is 2.94. The van der Waals surface area contributed by atoms with Gasteiger partial charge in [-0.25, -0.2) is 0 Å². The van der Waals surface area contributed by atoms with E-state index in [1.54, 1.807) is 0 Å². The molecule has 0 fully saturated rings. The molecule has 1 aliphatic rings. The first-order valence-corrected chi connectivity index (χ1v) is 7.07. The van der Waals surface area contributed by atoms with Crippen LogP contribution < -0.4 is 5.32 Å². The Kier molecular flexibility index (Phi) is 3.41. The van der Waals surface area contributed by atoms with Crippen molar-refractivity contribution in [3.63, 3.8) is 0 Å². The molecule has 0 bridgehead atoms. The minimum Gasteiger partial charge on any atom is -0.312 e. The van der Waals surface area contributed by atoms with Crippen molar-refractivity contribution in [2.24, 2.45) is 0 Å². The molecule has 20 heavy (non-hydrogen) atoms. The number of Topliss-reactive ketones (excluding diaryl/α,β-unsaturated/α-hetero) is 1. The number of fused-ring (bicyclic) bond motifs is 1. The summed E-state index contributed by atoms with van der Waals surface area (Å²) >= 11 is 0. The molecular formula is C18H19NO. The van der Waals surface area contributed by atoms with E-state index in [-0.39, 0.29) is 11.7 Å². The van der Waals surface area contributed by atoms with Gasteiger partial charge in [0, 0.05) is 18.7 Å². The van der Waals surface area contributed by atoms with Crippen LogP contribution in [0.1, 0.15) is 38.5 Å². The van der Waals surface area contributed by atoms with E-state index in [1.807, 2.05) is 31.2 Å². The lowest BCUT2D eigenvalue weighted by Gasteiger charge is -2.26. The number of carbonyl (C=O) groups excluding carboxylic acids is 1. The highest BCUT2D eigenvalue weighted by atomic mass is 16.1. The van der Waals surface area contributed by atoms with Crippen molar-refractivity contribution < 1.29 is 4.79 Å². The lowest BCUT2D eigenvalue weighted by atomic mass is 9.83. The van der Waals surface area contributed by atoms with E-state index in [4.69, 9.17) is 0 Å². The molecule has 1 heterocycles. The number of carbonyl (C=O) groups is 1. The van der Waals surface area contributed by atoms with Gasteiger partial charge in [0.05, 0.1) is 5.92 Å². The van der Waals surface area contributed by atoms with Gasteiger partial charge in [-0.05, 0) is 36.1 Å². The van der Waals surface area contributed by atoms with Gasteiger partial charge in [-0.1, -0.05) is 42.5 Å². The summed E-state index contributed by atoms with van der Waals surface area (Å²) < 4.78 is 0. The van der Waals surface area contributed by atoms with Crippen LogP contribution in [0.15, 0.2) is 42.5 Å². The zero-order valence-corrected chi connectivity index (χ0v) is 11.9. The van der Waals surface area contributed by atoms with Gasteiger partial charge in [0.1, 0.15) is 0 Å². The average molecular weight is 265 g/mol. The molecule has 2 heteroatoms. The number of hydrogen-bond acceptors (Lipinski definition) is 2. The van der Waals surface area contributed by atoms with Crippen molar-refractivity contribution in [2.75, 3.05) is 6.54 Å². The second-order valence-electron chi connectivity index (χ2n) is 5.49. The van der Waals surface area contributed by atoms with Crippen LogP contribution in [-0.2, 0) is 6.54 Å². The fraction of sp³-hybridized carbons (Fsp3) is 0.278. The van der Waals surface area contributed by atoms with Gasteiger partial charge in [0.2, 0.25) is 0 Å². The molecule has 0 spiro atoms. The Bertz CT molecular complexity index is 660. The molecular weight excluding hydrogens is 246 g/mol. The third-order valence-corrected chi connectivity index (χ3v) is 4.28. The first-order valence-electron chi connectivity index (χ1n) is 7.07. The molecule has 0 saturated heterocycles. The molecule has 2 aromatic carbocycles. The van der Waals surface area contributed by atoms with E-state index in [9.17, 15) is 4.79 Å². The van der Waals surface area contributed by atoms with Crippen molar-refractivity contribution in [3.8, 4) is 0 Å². The number of aryl methyl sites for hydroxylation is 1. The van der Waals surface area contributed by atoms with Gasteiger partial charge in [-0.3, -0.25) is 4.79 Å². The molecule has 1 atom stereocenters. The predicted octanol–water partition coefficient (Wildman–Crippen LogP) is 3.37. The molecule has 2 nitrogen and oxygen atoms in total. The Balaban J connectivity index is 2.02. The van der Waals surface area contributed by atoms with E-state index in [0.29, 0.717) is 0 Å². The van der Waals surface area contributed by atoms with Crippen LogP contribution in [0.25, 0.3) is 0 Å². The Morgan fingerprint density at radius 1 is 1.10 bits per heavy atom. The number of nitrogens with one attached hydrogen (secondary N) is 1. The third-order valence-electron chi connectivity index (χ3n) is 4.28. The highest BCUT2D eigenvalue weighted by molar-refractivity contribution is 6.02. The number of rotatable bonds is 2. The Morgan fingerprint density at radius 3 is 2.75 bits per heavy atom. The zero-order valence-electron chi connectivity index (χ0n) is 11.9. The largest absolute Gasteiger partial charge is 0.312 e. The van der Waals surface area contributed by atoms with Gasteiger partial charge in [0.15, 0.2) is 5.78 Å². The summed E-state index contributed by atoms with van der Waals surface area (Å²) in [6, 6.07) is 14.2. The Labute approximate surface area is 119 Å². The lowest BCUT2D eigenvalue weighted by molar-refractivity contribution is 0.0954. The molecule has 0 radical (unpaired) electrons. The van der Waals surface area contributed by atoms with E-state index in [2.05, 4.69) is 30.4 Å². The highest BCUT2D eigenvalue weighted by Crippen LogP contribution is 2.28. The third kappa shape index (κ3) is 2.16. The topological polar surface area (TPSA) is 29.1 Å². The first kappa shape index (κ1) is 13.1. The minimum atomic E-state index is -0.0690. The SMILES string of the molecule is Cc1cccc(C(=O)C2CNCc3ccccc32)c1C. The van der Waals surface area contributed by atoms with Crippen LogP contribution in [0.2, 0.25) is 0 Å². The van der Waals surface area contributed by atoms with Crippen LogP contribution in [-0.4, -0.2) is 12.3 Å². The van der Waals surface area contributed by atoms with Crippen LogP contribution >= 0.6 is 0 Å². The lowest BCUT2D eigenvalue weighted by Crippen LogP contribution is -2.33. The monoisotopic (exact) mass is 265 g/mol. The number of hydrogen-bond donors (Lipinski definition) is 1. The number of benzene rings is 2. The summed E-state index contributed by atoms with van der Waals surface area (Å²) in [6.45, 7) is 5.67. The van der Waals surface area contributed by atoms with Crippen LogP contribution in [0.3, 0.4) is 0 Å². The van der Waals surface area contributed by atoms with E-state index in [0.717, 1.165) is 24.2 Å². The molecule has 102 valence electrons. The molecule has 0 aromatic heterocycles. The Morgan fingerprint density at radius 2 is 1.90 bits per heavy atom. The van der Waals surface area contributed by atoms with Crippen LogP contribution in [0, 0.1) is 13.8 Å². The van der Waals surface area contributed by atoms with Gasteiger partial charge in [-0.15, -0.1) is 0 Å². The average Bonchev–Trinajstić information content (AvgIpc) is 2.49. The quantitative estimate of drug-likeness (QED) is 0.843. The van der Waals surface area contributed by atoms with Crippen LogP contribution in [0.4, 0.5) is 0 Å². The van der Waals surface area contributed by atoms with Crippen molar-refractivity contribution in [1.82, 2.24) is 5.32 Å². The molecule has 1 unspecified atom stereocenters. The first-order chi connectivity index (χ1) is 9.68. The molecule has 1 N–H and O–H groups in total. The summed E-state index contributed by atoms with van der Waals surface area (Å²) in [5.41, 5.74) is 5.54. The van der Waals surface area contributed by atoms with Gasteiger partial charge in [0.25, 0.3) is 0 Å². The highest BCUT2D eigenvalue weighted by Gasteiger charge is 2.27. The summed E-state index contributed by atoms with van der Waals surface area (Å²) in [6.07, 6.45) is 0. The maximum absolute atomic E-state index is 12.9. The zero-order chi connectivity index (χ0) is 14.1. The molecule has 0 saturated carbocycles. The molecule has 3 rings (SSSR count). The van der Waals surface area contributed by atoms with E-state index >= 15 is 0 Å². The minimum absolute atomic E-state index is 0.0690. The van der Waals surface area contributed by atoms with Gasteiger partial charge in [-0.2, -0.15) is 0 Å². The predicted molar refractivity (Wildman–Crippen MR) is 81.1 cm³/mol. The normalized spacial score (nSPS) is 17.6. The second kappa shape index (κ2) is 5.22. The van der Waals surface area contributed by atoms with Crippen molar-refractivity contribution in [3.05, 3.63) is 70.3 Å².